The average molecular weight is 477 g/mol. The number of hydrogen-bond acceptors (Lipinski definition) is 7. The van der Waals surface area contributed by atoms with Crippen molar-refractivity contribution < 1.29 is 4.79 Å². The highest BCUT2D eigenvalue weighted by molar-refractivity contribution is 5.99. The third kappa shape index (κ3) is 4.33. The first-order chi connectivity index (χ1) is 17.0. The highest BCUT2D eigenvalue weighted by atomic mass is 16.2. The lowest BCUT2D eigenvalue weighted by Crippen LogP contribution is -2.54. The molecule has 3 aromatic rings. The van der Waals surface area contributed by atoms with E-state index in [0.29, 0.717) is 36.1 Å². The molecule has 3 aromatic heterocycles. The molecule has 0 radical (unpaired) electrons. The molecule has 2 atom stereocenters. The van der Waals surface area contributed by atoms with Crippen LogP contribution < -0.4 is 20.9 Å². The number of hydrogen-bond donors (Lipinski definition) is 3. The van der Waals surface area contributed by atoms with Gasteiger partial charge in [0.1, 0.15) is 17.2 Å². The quantitative estimate of drug-likeness (QED) is 0.529. The summed E-state index contributed by atoms with van der Waals surface area (Å²) < 4.78 is 2.17. The molecule has 2 unspecified atom stereocenters. The van der Waals surface area contributed by atoms with E-state index in [1.165, 1.54) is 12.8 Å². The van der Waals surface area contributed by atoms with Crippen molar-refractivity contribution in [1.29, 1.82) is 0 Å². The Morgan fingerprint density at radius 1 is 1.06 bits per heavy atom. The molecule has 1 saturated heterocycles. The topological polar surface area (TPSA) is 100 Å². The predicted octanol–water partition coefficient (Wildman–Crippen LogP) is 3.80. The van der Waals surface area contributed by atoms with E-state index in [-0.39, 0.29) is 11.4 Å². The van der Waals surface area contributed by atoms with Crippen LogP contribution in [0.4, 0.5) is 17.5 Å². The monoisotopic (exact) mass is 476 g/mol. The molecule has 0 aromatic carbocycles. The predicted molar refractivity (Wildman–Crippen MR) is 139 cm³/mol. The van der Waals surface area contributed by atoms with Crippen LogP contribution in [0.2, 0.25) is 0 Å². The van der Waals surface area contributed by atoms with Crippen molar-refractivity contribution in [3.63, 3.8) is 0 Å². The second-order valence-corrected chi connectivity index (χ2v) is 9.85. The molecule has 3 aliphatic rings. The van der Waals surface area contributed by atoms with Crippen molar-refractivity contribution in [2.75, 3.05) is 29.9 Å². The number of rotatable bonds is 3. The first-order valence-electron chi connectivity index (χ1n) is 12.9. The van der Waals surface area contributed by atoms with Gasteiger partial charge in [0.2, 0.25) is 5.95 Å². The molecule has 1 amide bonds. The van der Waals surface area contributed by atoms with E-state index >= 15 is 0 Å². The van der Waals surface area contributed by atoms with E-state index in [1.807, 2.05) is 32.2 Å². The van der Waals surface area contributed by atoms with E-state index in [1.54, 1.807) is 6.20 Å². The van der Waals surface area contributed by atoms with Crippen molar-refractivity contribution >= 4 is 34.4 Å². The number of nitrogens with one attached hydrogen (secondary N) is 3. The van der Waals surface area contributed by atoms with Gasteiger partial charge in [-0.05, 0) is 44.9 Å². The molecule has 0 bridgehead atoms. The van der Waals surface area contributed by atoms with E-state index in [0.717, 1.165) is 42.7 Å². The maximum Gasteiger partial charge on any atom is 0.268 e. The number of amides is 1. The summed E-state index contributed by atoms with van der Waals surface area (Å²) in [5.41, 5.74) is 2.55. The van der Waals surface area contributed by atoms with Crippen LogP contribution in [0.5, 0.6) is 0 Å². The highest BCUT2D eigenvalue weighted by Crippen LogP contribution is 2.41. The summed E-state index contributed by atoms with van der Waals surface area (Å²) in [7, 11) is 0. The molecule has 3 N–H and O–H groups in total. The van der Waals surface area contributed by atoms with E-state index < -0.39 is 0 Å². The minimum Gasteiger partial charge on any atom is -0.367 e. The average Bonchev–Trinajstić information content (AvgIpc) is 3.49. The third-order valence-electron chi connectivity index (χ3n) is 7.27. The number of fused-ring (bicyclic) bond motifs is 4. The van der Waals surface area contributed by atoms with Gasteiger partial charge in [0.05, 0.1) is 17.4 Å². The van der Waals surface area contributed by atoms with Gasteiger partial charge in [-0.25, -0.2) is 9.97 Å². The van der Waals surface area contributed by atoms with Gasteiger partial charge >= 0.3 is 0 Å². The summed E-state index contributed by atoms with van der Waals surface area (Å²) in [5.74, 6) is 1.16. The van der Waals surface area contributed by atoms with Crippen molar-refractivity contribution in [1.82, 2.24) is 30.2 Å². The lowest BCUT2D eigenvalue weighted by atomic mass is 9.94. The van der Waals surface area contributed by atoms with Crippen molar-refractivity contribution in [3.8, 4) is 0 Å². The Morgan fingerprint density at radius 2 is 1.80 bits per heavy atom. The normalized spacial score (nSPS) is 23.0. The lowest BCUT2D eigenvalue weighted by molar-refractivity contribution is 0.0876. The van der Waals surface area contributed by atoms with E-state index in [4.69, 9.17) is 4.98 Å². The van der Waals surface area contributed by atoms with Crippen LogP contribution in [0.3, 0.4) is 0 Å². The van der Waals surface area contributed by atoms with E-state index in [9.17, 15) is 4.79 Å². The van der Waals surface area contributed by atoms with Gasteiger partial charge in [0, 0.05) is 43.3 Å². The van der Waals surface area contributed by atoms with Crippen LogP contribution in [0.1, 0.15) is 63.9 Å². The number of nitrogens with zero attached hydrogens (tertiary/aromatic N) is 5. The van der Waals surface area contributed by atoms with Crippen LogP contribution in [0.15, 0.2) is 30.6 Å². The van der Waals surface area contributed by atoms with Crippen molar-refractivity contribution in [2.45, 2.75) is 71.0 Å². The van der Waals surface area contributed by atoms with Crippen molar-refractivity contribution in [3.05, 3.63) is 36.3 Å². The van der Waals surface area contributed by atoms with Crippen LogP contribution in [0.25, 0.3) is 11.0 Å². The Bertz CT molecular complexity index is 1190. The number of piperazine rings is 1. The minimum absolute atomic E-state index is 0.0335. The number of carbonyl (C=O) groups excluding carboxylic acids is 1. The summed E-state index contributed by atoms with van der Waals surface area (Å²) in [5, 5.41) is 10.8. The highest BCUT2D eigenvalue weighted by Gasteiger charge is 2.42. The molecule has 5 heterocycles. The van der Waals surface area contributed by atoms with Crippen LogP contribution >= 0.6 is 0 Å². The van der Waals surface area contributed by atoms with Gasteiger partial charge < -0.3 is 25.4 Å². The third-order valence-corrected chi connectivity index (χ3v) is 7.27. The molecule has 2 fully saturated rings. The number of aromatic nitrogens is 4. The Morgan fingerprint density at radius 3 is 2.49 bits per heavy atom. The zero-order chi connectivity index (χ0) is 24.6. The molecule has 1 spiro atoms. The Kier molecular flexibility index (Phi) is 6.35. The molecule has 9 heteroatoms. The maximum absolute atomic E-state index is 12.6. The SMILES string of the molecule is CC.CC1CN(c2ccc(Nc3ncc4cc5n(c4n3)C3(CCCC3)CNC5=O)nc2)CC(C)N1. The van der Waals surface area contributed by atoms with Gasteiger partial charge in [-0.2, -0.15) is 4.98 Å². The van der Waals surface area contributed by atoms with E-state index in [2.05, 4.69) is 55.3 Å². The molecule has 6 rings (SSSR count). The first-order valence-corrected chi connectivity index (χ1v) is 12.9. The fourth-order valence-corrected chi connectivity index (χ4v) is 5.84. The molecular formula is C26H36N8O. The Labute approximate surface area is 206 Å². The van der Waals surface area contributed by atoms with Gasteiger partial charge in [-0.15, -0.1) is 0 Å². The fraction of sp³-hybridized carbons (Fsp3) is 0.538. The van der Waals surface area contributed by atoms with Crippen LogP contribution in [0, 0.1) is 0 Å². The number of carbonyl (C=O) groups is 1. The second-order valence-electron chi connectivity index (χ2n) is 9.85. The number of pyridine rings is 1. The zero-order valence-corrected chi connectivity index (χ0v) is 21.1. The Hall–Kier alpha value is -3.20. The fourth-order valence-electron chi connectivity index (χ4n) is 5.84. The summed E-state index contributed by atoms with van der Waals surface area (Å²) >= 11 is 0. The maximum atomic E-state index is 12.6. The Balaban J connectivity index is 0.00000124. The van der Waals surface area contributed by atoms with Gasteiger partial charge in [0.25, 0.3) is 5.91 Å². The summed E-state index contributed by atoms with van der Waals surface area (Å²) in [6.45, 7) is 11.0. The van der Waals surface area contributed by atoms with Crippen molar-refractivity contribution in [2.24, 2.45) is 0 Å². The van der Waals surface area contributed by atoms with Crippen LogP contribution in [-0.4, -0.2) is 57.1 Å². The van der Waals surface area contributed by atoms with Gasteiger partial charge in [-0.1, -0.05) is 26.7 Å². The zero-order valence-electron chi connectivity index (χ0n) is 21.1. The summed E-state index contributed by atoms with van der Waals surface area (Å²) in [6.07, 6.45) is 8.16. The molecule has 1 saturated carbocycles. The lowest BCUT2D eigenvalue weighted by Gasteiger charge is -2.37. The molecule has 9 nitrogen and oxygen atoms in total. The molecule has 35 heavy (non-hydrogen) atoms. The molecule has 1 aliphatic carbocycles. The first kappa shape index (κ1) is 23.5. The van der Waals surface area contributed by atoms with Crippen LogP contribution in [-0.2, 0) is 5.54 Å². The second kappa shape index (κ2) is 9.45. The smallest absolute Gasteiger partial charge is 0.268 e. The summed E-state index contributed by atoms with van der Waals surface area (Å²) in [4.78, 5) is 28.9. The summed E-state index contributed by atoms with van der Waals surface area (Å²) in [6, 6.07) is 6.88. The molecule has 186 valence electrons. The largest absolute Gasteiger partial charge is 0.367 e. The van der Waals surface area contributed by atoms with Gasteiger partial charge in [-0.3, -0.25) is 4.79 Å². The van der Waals surface area contributed by atoms with Gasteiger partial charge in [0.15, 0.2) is 0 Å². The molecule has 2 aliphatic heterocycles. The molecular weight excluding hydrogens is 440 g/mol. The standard InChI is InChI=1S/C24H30N8O.C2H6/c1-15-12-31(13-16(2)28-15)18-5-6-20(25-11-18)29-23-26-10-17-9-19-22(33)27-14-24(7-3-4-8-24)32(19)21(17)30-23;1-2/h5-6,9-11,15-16,28H,3-4,7-8,12-14H2,1-2H3,(H,27,33)(H,25,26,29,30);1-2H3. The minimum atomic E-state index is -0.0753. The number of anilines is 3.